The van der Waals surface area contributed by atoms with E-state index in [1.807, 2.05) is 12.1 Å². The summed E-state index contributed by atoms with van der Waals surface area (Å²) in [6, 6.07) is 14.4. The molecule has 0 unspecified atom stereocenters. The molecule has 2 heterocycles. The van der Waals surface area contributed by atoms with Crippen LogP contribution in [0.4, 0.5) is 0 Å². The van der Waals surface area contributed by atoms with Crippen molar-refractivity contribution >= 4 is 21.9 Å². The van der Waals surface area contributed by atoms with Crippen LogP contribution in [0.5, 0.6) is 0 Å². The molecule has 2 N–H and O–H groups in total. The Morgan fingerprint density at radius 3 is 2.81 bits per heavy atom. The zero-order valence-corrected chi connectivity index (χ0v) is 11.1. The molecule has 0 amide bonds. The van der Waals surface area contributed by atoms with Gasteiger partial charge in [-0.3, -0.25) is 4.79 Å². The van der Waals surface area contributed by atoms with E-state index in [0.717, 1.165) is 5.56 Å². The van der Waals surface area contributed by atoms with Crippen LogP contribution in [0.2, 0.25) is 0 Å². The predicted octanol–water partition coefficient (Wildman–Crippen LogP) is 2.39. The molecule has 5 nitrogen and oxygen atoms in total. The quantitative estimate of drug-likeness (QED) is 0.590. The van der Waals surface area contributed by atoms with Gasteiger partial charge in [-0.25, -0.2) is 4.98 Å². The number of hydrogen-bond donors (Lipinski definition) is 2. The highest BCUT2D eigenvalue weighted by molar-refractivity contribution is 5.83. The lowest BCUT2D eigenvalue weighted by Crippen LogP contribution is -2.12. The van der Waals surface area contributed by atoms with Crippen molar-refractivity contribution in [3.63, 3.8) is 0 Å². The van der Waals surface area contributed by atoms with Gasteiger partial charge in [-0.1, -0.05) is 42.5 Å². The third-order valence-electron chi connectivity index (χ3n) is 3.54. The van der Waals surface area contributed by atoms with Gasteiger partial charge in [0.15, 0.2) is 11.2 Å². The van der Waals surface area contributed by atoms with Crippen molar-refractivity contribution < 1.29 is 0 Å². The fourth-order valence-electron chi connectivity index (χ4n) is 2.52. The van der Waals surface area contributed by atoms with Gasteiger partial charge in [0.1, 0.15) is 5.82 Å². The molecule has 4 aromatic rings. The maximum Gasteiger partial charge on any atom is 0.298 e. The Morgan fingerprint density at radius 1 is 1.05 bits per heavy atom. The van der Waals surface area contributed by atoms with Crippen LogP contribution in [0.3, 0.4) is 0 Å². The zero-order chi connectivity index (χ0) is 14.2. The van der Waals surface area contributed by atoms with Gasteiger partial charge < -0.3 is 9.97 Å². The summed E-state index contributed by atoms with van der Waals surface area (Å²) in [5, 5.41) is 2.38. The molecule has 0 fully saturated rings. The molecule has 2 aromatic carbocycles. The van der Waals surface area contributed by atoms with E-state index in [1.165, 1.54) is 17.1 Å². The summed E-state index contributed by atoms with van der Waals surface area (Å²) in [7, 11) is 0. The first-order valence-electron chi connectivity index (χ1n) is 6.69. The van der Waals surface area contributed by atoms with E-state index in [4.69, 9.17) is 0 Å². The number of aromatic amines is 2. The van der Waals surface area contributed by atoms with Gasteiger partial charge in [-0.05, 0) is 16.3 Å². The molecule has 21 heavy (non-hydrogen) atoms. The van der Waals surface area contributed by atoms with Gasteiger partial charge in [0.25, 0.3) is 5.56 Å². The van der Waals surface area contributed by atoms with E-state index in [0.29, 0.717) is 23.4 Å². The lowest BCUT2D eigenvalue weighted by Gasteiger charge is -2.03. The van der Waals surface area contributed by atoms with Crippen LogP contribution in [0.15, 0.2) is 53.6 Å². The van der Waals surface area contributed by atoms with Crippen molar-refractivity contribution in [1.29, 1.82) is 0 Å². The molecule has 0 spiro atoms. The highest BCUT2D eigenvalue weighted by Gasteiger charge is 2.06. The molecule has 0 aliphatic carbocycles. The molecule has 2 aromatic heterocycles. The predicted molar refractivity (Wildman–Crippen MR) is 81.3 cm³/mol. The number of nitrogens with zero attached hydrogens (tertiary/aromatic N) is 2. The molecule has 0 atom stereocenters. The maximum absolute atomic E-state index is 11.9. The Hall–Kier alpha value is -2.95. The summed E-state index contributed by atoms with van der Waals surface area (Å²) in [4.78, 5) is 25.9. The molecule has 0 aliphatic rings. The Morgan fingerprint density at radius 2 is 1.90 bits per heavy atom. The SMILES string of the molecule is O=c1nc(Cc2ccc3ccccc3c2)[nH]c2nc[nH]c12. The highest BCUT2D eigenvalue weighted by atomic mass is 16.1. The van der Waals surface area contributed by atoms with Crippen molar-refractivity contribution in [2.75, 3.05) is 0 Å². The van der Waals surface area contributed by atoms with E-state index in [1.54, 1.807) is 0 Å². The van der Waals surface area contributed by atoms with Gasteiger partial charge in [-0.15, -0.1) is 0 Å². The van der Waals surface area contributed by atoms with Crippen molar-refractivity contribution in [3.8, 4) is 0 Å². The Kier molecular flexibility index (Phi) is 2.57. The number of rotatable bonds is 2. The number of H-pyrrole nitrogens is 2. The number of hydrogen-bond acceptors (Lipinski definition) is 3. The molecule has 102 valence electrons. The minimum absolute atomic E-state index is 0.281. The largest absolute Gasteiger partial charge is 0.339 e. The molecule has 0 bridgehead atoms. The van der Waals surface area contributed by atoms with Gasteiger partial charge in [0.05, 0.1) is 6.33 Å². The van der Waals surface area contributed by atoms with Crippen LogP contribution in [0, 0.1) is 0 Å². The van der Waals surface area contributed by atoms with Crippen LogP contribution < -0.4 is 5.56 Å². The van der Waals surface area contributed by atoms with Crippen molar-refractivity contribution in [3.05, 3.63) is 70.5 Å². The number of nitrogens with one attached hydrogen (secondary N) is 2. The summed E-state index contributed by atoms with van der Waals surface area (Å²) in [6.45, 7) is 0. The number of fused-ring (bicyclic) bond motifs is 2. The molecular formula is C16H12N4O. The second kappa shape index (κ2) is 4.56. The summed E-state index contributed by atoms with van der Waals surface area (Å²) in [5.74, 6) is 0.620. The lowest BCUT2D eigenvalue weighted by molar-refractivity contribution is 0.968. The molecule has 5 heteroatoms. The summed E-state index contributed by atoms with van der Waals surface area (Å²) < 4.78 is 0. The molecule has 0 saturated heterocycles. The zero-order valence-electron chi connectivity index (χ0n) is 11.1. The maximum atomic E-state index is 11.9. The normalized spacial score (nSPS) is 11.2. The van der Waals surface area contributed by atoms with Gasteiger partial charge >= 0.3 is 0 Å². The van der Waals surface area contributed by atoms with Crippen LogP contribution in [-0.4, -0.2) is 19.9 Å². The second-order valence-corrected chi connectivity index (χ2v) is 4.97. The minimum atomic E-state index is -0.281. The summed E-state index contributed by atoms with van der Waals surface area (Å²) in [6.07, 6.45) is 2.06. The Balaban J connectivity index is 1.76. The number of aromatic nitrogens is 4. The molecule has 0 radical (unpaired) electrons. The van der Waals surface area contributed by atoms with E-state index in [9.17, 15) is 4.79 Å². The van der Waals surface area contributed by atoms with Gasteiger partial charge in [0, 0.05) is 6.42 Å². The van der Waals surface area contributed by atoms with E-state index >= 15 is 0 Å². The Bertz CT molecular complexity index is 1000. The van der Waals surface area contributed by atoms with Crippen molar-refractivity contribution in [1.82, 2.24) is 19.9 Å². The lowest BCUT2D eigenvalue weighted by atomic mass is 10.0. The minimum Gasteiger partial charge on any atom is -0.339 e. The smallest absolute Gasteiger partial charge is 0.298 e. The number of benzene rings is 2. The van der Waals surface area contributed by atoms with Crippen LogP contribution in [0.25, 0.3) is 21.9 Å². The topological polar surface area (TPSA) is 74.4 Å². The second-order valence-electron chi connectivity index (χ2n) is 4.97. The third-order valence-corrected chi connectivity index (χ3v) is 3.54. The average molecular weight is 276 g/mol. The fraction of sp³-hybridized carbons (Fsp3) is 0.0625. The third kappa shape index (κ3) is 2.08. The molecular weight excluding hydrogens is 264 g/mol. The molecule has 4 rings (SSSR count). The van der Waals surface area contributed by atoms with E-state index < -0.39 is 0 Å². The van der Waals surface area contributed by atoms with Crippen LogP contribution in [0.1, 0.15) is 11.4 Å². The van der Waals surface area contributed by atoms with Crippen LogP contribution >= 0.6 is 0 Å². The van der Waals surface area contributed by atoms with E-state index in [-0.39, 0.29) is 5.56 Å². The fourth-order valence-corrected chi connectivity index (χ4v) is 2.52. The average Bonchev–Trinajstić information content (AvgIpc) is 2.96. The number of imidazole rings is 1. The van der Waals surface area contributed by atoms with Gasteiger partial charge in [-0.2, -0.15) is 4.98 Å². The van der Waals surface area contributed by atoms with E-state index in [2.05, 4.69) is 50.3 Å². The van der Waals surface area contributed by atoms with Crippen LogP contribution in [-0.2, 0) is 6.42 Å². The van der Waals surface area contributed by atoms with Crippen molar-refractivity contribution in [2.24, 2.45) is 0 Å². The summed E-state index contributed by atoms with van der Waals surface area (Å²) >= 11 is 0. The molecule has 0 aliphatic heterocycles. The van der Waals surface area contributed by atoms with Crippen molar-refractivity contribution in [2.45, 2.75) is 6.42 Å². The summed E-state index contributed by atoms with van der Waals surface area (Å²) in [5.41, 5.74) is 1.78. The first-order valence-corrected chi connectivity index (χ1v) is 6.69. The monoisotopic (exact) mass is 276 g/mol. The van der Waals surface area contributed by atoms with Gasteiger partial charge in [0.2, 0.25) is 0 Å². The highest BCUT2D eigenvalue weighted by Crippen LogP contribution is 2.17. The Labute approximate surface area is 119 Å². The molecule has 0 saturated carbocycles. The standard InChI is InChI=1S/C16H12N4O/c21-16-14-15(18-9-17-14)19-13(20-16)8-10-5-6-11-3-1-2-4-12(11)7-10/h1-7,9H,8H2,(H2,17,18,19,20,21). The first kappa shape index (κ1) is 11.8. The first-order chi connectivity index (χ1) is 10.3.